The molecule has 2 amide bonds. The largest absolute Gasteiger partial charge is 0.482 e. The third-order valence-electron chi connectivity index (χ3n) is 6.27. The zero-order chi connectivity index (χ0) is 33.5. The van der Waals surface area contributed by atoms with Crippen LogP contribution in [0.2, 0.25) is 0 Å². The van der Waals surface area contributed by atoms with Gasteiger partial charge in [0.25, 0.3) is 5.91 Å². The van der Waals surface area contributed by atoms with E-state index in [9.17, 15) is 32.3 Å². The van der Waals surface area contributed by atoms with E-state index in [1.807, 2.05) is 0 Å². The molecule has 3 aromatic rings. The van der Waals surface area contributed by atoms with Gasteiger partial charge in [-0.15, -0.1) is 6.58 Å². The number of rotatable bonds is 11. The zero-order valence-corrected chi connectivity index (χ0v) is 25.5. The van der Waals surface area contributed by atoms with Crippen molar-refractivity contribution in [3.63, 3.8) is 0 Å². The van der Waals surface area contributed by atoms with Crippen LogP contribution in [-0.4, -0.2) is 41.4 Å². The van der Waals surface area contributed by atoms with Crippen LogP contribution in [0.1, 0.15) is 66.1 Å². The van der Waals surface area contributed by atoms with Crippen molar-refractivity contribution in [3.8, 4) is 5.75 Å². The first-order valence-corrected chi connectivity index (χ1v) is 13.8. The molecule has 0 spiro atoms. The molecule has 0 saturated carbocycles. The Hall–Kier alpha value is -5.07. The van der Waals surface area contributed by atoms with Gasteiger partial charge in [0.2, 0.25) is 11.2 Å². The number of esters is 1. The van der Waals surface area contributed by atoms with Crippen LogP contribution < -0.4 is 20.5 Å². The Labute approximate surface area is 258 Å². The molecule has 3 rings (SSSR count). The summed E-state index contributed by atoms with van der Waals surface area (Å²) in [6.07, 6.45) is 1.63. The molecule has 1 aromatic heterocycles. The van der Waals surface area contributed by atoms with Gasteiger partial charge in [0, 0.05) is 30.4 Å². The maximum Gasteiger partial charge on any atom is 0.429 e. The molecule has 45 heavy (non-hydrogen) atoms. The van der Waals surface area contributed by atoms with E-state index in [0.29, 0.717) is 17.7 Å². The first kappa shape index (κ1) is 34.4. The van der Waals surface area contributed by atoms with Gasteiger partial charge in [0.05, 0.1) is 13.2 Å². The van der Waals surface area contributed by atoms with Crippen LogP contribution in [0.3, 0.4) is 0 Å². The van der Waals surface area contributed by atoms with Crippen molar-refractivity contribution in [1.82, 2.24) is 9.99 Å². The highest BCUT2D eigenvalue weighted by Crippen LogP contribution is 2.23. The summed E-state index contributed by atoms with van der Waals surface area (Å²) in [4.78, 5) is 54.0. The molecule has 0 aliphatic rings. The normalized spacial score (nSPS) is 11.7. The zero-order valence-electron chi connectivity index (χ0n) is 25.5. The van der Waals surface area contributed by atoms with E-state index in [-0.39, 0.29) is 13.0 Å². The molecule has 0 aliphatic carbocycles. The molecule has 0 aliphatic heterocycles. The van der Waals surface area contributed by atoms with Crippen LogP contribution >= 0.6 is 0 Å². The minimum atomic E-state index is -1.26. The van der Waals surface area contributed by atoms with Crippen molar-refractivity contribution in [2.24, 2.45) is 0 Å². The number of halogens is 3. The van der Waals surface area contributed by atoms with Crippen LogP contribution in [0, 0.1) is 17.5 Å². The third kappa shape index (κ3) is 8.52. The second-order valence-electron chi connectivity index (χ2n) is 10.9. The smallest absolute Gasteiger partial charge is 0.429 e. The van der Waals surface area contributed by atoms with Gasteiger partial charge < -0.3 is 19.5 Å². The number of pyridine rings is 1. The fourth-order valence-electron chi connectivity index (χ4n) is 4.19. The lowest BCUT2D eigenvalue weighted by atomic mass is 10.1. The Kier molecular flexibility index (Phi) is 11.2. The van der Waals surface area contributed by atoms with Crippen molar-refractivity contribution < 1.29 is 41.8 Å². The standard InChI is InChI=1S/C32H34F3N3O7/c1-7-11-19(2)38(31(42)45-32(3,4)5)37-17-23(29(40)36-16-22-24(34)14-21(33)15-25(22)35)27(39)28(26(37)30(41)43-6)44-18-20-12-9-8-10-13-20/h7-10,12-15,17,19H,1,11,16,18H2,2-6H3,(H,36,40)/t19-/m1/s1. The molecular weight excluding hydrogens is 595 g/mol. The molecule has 0 saturated heterocycles. The summed E-state index contributed by atoms with van der Waals surface area (Å²) in [5.74, 6) is -6.54. The van der Waals surface area contributed by atoms with Crippen molar-refractivity contribution in [1.29, 1.82) is 0 Å². The molecule has 1 N–H and O–H groups in total. The van der Waals surface area contributed by atoms with Crippen LogP contribution in [0.4, 0.5) is 18.0 Å². The van der Waals surface area contributed by atoms with Gasteiger partial charge in [0.1, 0.15) is 35.2 Å². The number of hydrogen-bond acceptors (Lipinski definition) is 7. The van der Waals surface area contributed by atoms with Gasteiger partial charge in [0.15, 0.2) is 5.69 Å². The van der Waals surface area contributed by atoms with E-state index in [2.05, 4.69) is 11.9 Å². The number of carbonyl (C=O) groups is 3. The molecule has 0 fully saturated rings. The third-order valence-corrected chi connectivity index (χ3v) is 6.27. The molecule has 2 aromatic carbocycles. The van der Waals surface area contributed by atoms with Crippen molar-refractivity contribution >= 4 is 18.0 Å². The predicted molar refractivity (Wildman–Crippen MR) is 159 cm³/mol. The number of nitrogens with one attached hydrogen (secondary N) is 1. The lowest BCUT2D eigenvalue weighted by molar-refractivity contribution is 0.0503. The number of methoxy groups -OCH3 is 1. The number of aromatic nitrogens is 1. The molecule has 13 heteroatoms. The monoisotopic (exact) mass is 629 g/mol. The SMILES string of the molecule is C=CC[C@@H](C)N(C(=O)OC(C)(C)C)n1cc(C(=O)NCc2c(F)cc(F)cc2F)c(=O)c(OCc2ccccc2)c1C(=O)OC. The van der Waals surface area contributed by atoms with E-state index < -0.39 is 81.6 Å². The summed E-state index contributed by atoms with van der Waals surface area (Å²) in [5, 5.41) is 3.22. The predicted octanol–water partition coefficient (Wildman–Crippen LogP) is 5.40. The second-order valence-corrected chi connectivity index (χ2v) is 10.9. The quantitative estimate of drug-likeness (QED) is 0.223. The van der Waals surface area contributed by atoms with Crippen molar-refractivity contribution in [2.45, 2.75) is 58.9 Å². The molecule has 0 radical (unpaired) electrons. The van der Waals surface area contributed by atoms with Gasteiger partial charge in [-0.25, -0.2) is 32.4 Å². The fourth-order valence-corrected chi connectivity index (χ4v) is 4.19. The highest BCUT2D eigenvalue weighted by atomic mass is 19.1. The minimum absolute atomic E-state index is 0.177. The van der Waals surface area contributed by atoms with Gasteiger partial charge in [-0.3, -0.25) is 9.59 Å². The Morgan fingerprint density at radius 2 is 1.71 bits per heavy atom. The maximum atomic E-state index is 14.3. The number of carbonyl (C=O) groups excluding carboxylic acids is 3. The van der Waals surface area contributed by atoms with E-state index in [0.717, 1.165) is 23.0 Å². The minimum Gasteiger partial charge on any atom is -0.482 e. The summed E-state index contributed by atoms with van der Waals surface area (Å²) >= 11 is 0. The highest BCUT2D eigenvalue weighted by Gasteiger charge is 2.34. The van der Waals surface area contributed by atoms with E-state index >= 15 is 0 Å². The van der Waals surface area contributed by atoms with Gasteiger partial charge in [-0.05, 0) is 39.7 Å². The van der Waals surface area contributed by atoms with Crippen LogP contribution in [0.25, 0.3) is 0 Å². The number of benzene rings is 2. The van der Waals surface area contributed by atoms with Crippen LogP contribution in [-0.2, 0) is 22.6 Å². The average Bonchev–Trinajstić information content (AvgIpc) is 2.95. The number of nitrogens with zero attached hydrogens (tertiary/aromatic N) is 2. The maximum absolute atomic E-state index is 14.3. The fraction of sp³-hybridized carbons (Fsp3) is 0.312. The summed E-state index contributed by atoms with van der Waals surface area (Å²) in [5.41, 5.74) is -3.34. The summed E-state index contributed by atoms with van der Waals surface area (Å²) in [7, 11) is 1.05. The Morgan fingerprint density at radius 1 is 1.09 bits per heavy atom. The number of amides is 2. The highest BCUT2D eigenvalue weighted by molar-refractivity contribution is 5.97. The van der Waals surface area contributed by atoms with Crippen molar-refractivity contribution in [3.05, 3.63) is 111 Å². The summed E-state index contributed by atoms with van der Waals surface area (Å²) < 4.78 is 59.2. The van der Waals surface area contributed by atoms with E-state index in [4.69, 9.17) is 14.2 Å². The molecule has 10 nitrogen and oxygen atoms in total. The second kappa shape index (κ2) is 14.6. The van der Waals surface area contributed by atoms with Gasteiger partial charge >= 0.3 is 12.1 Å². The summed E-state index contributed by atoms with van der Waals surface area (Å²) in [6, 6.07) is 8.71. The lowest BCUT2D eigenvalue weighted by Gasteiger charge is -2.34. The first-order chi connectivity index (χ1) is 21.2. The Balaban J connectivity index is 2.25. The molecule has 0 bridgehead atoms. The number of hydrogen-bond donors (Lipinski definition) is 1. The van der Waals surface area contributed by atoms with Gasteiger partial charge in [-0.2, -0.15) is 0 Å². The lowest BCUT2D eigenvalue weighted by Crippen LogP contribution is -2.51. The van der Waals surface area contributed by atoms with Crippen molar-refractivity contribution in [2.75, 3.05) is 12.1 Å². The molecule has 1 heterocycles. The Bertz CT molecular complexity index is 1610. The molecule has 1 atom stereocenters. The van der Waals surface area contributed by atoms with Crippen LogP contribution in [0.5, 0.6) is 5.75 Å². The average molecular weight is 630 g/mol. The van der Waals surface area contributed by atoms with E-state index in [1.54, 1.807) is 58.0 Å². The van der Waals surface area contributed by atoms with E-state index in [1.165, 1.54) is 6.08 Å². The van der Waals surface area contributed by atoms with Gasteiger partial charge in [-0.1, -0.05) is 36.4 Å². The summed E-state index contributed by atoms with van der Waals surface area (Å²) in [6.45, 7) is 9.16. The topological polar surface area (TPSA) is 116 Å². The molecule has 240 valence electrons. The molecular formula is C32H34F3N3O7. The van der Waals surface area contributed by atoms with Crippen LogP contribution in [0.15, 0.2) is 66.1 Å². The Morgan fingerprint density at radius 3 is 2.27 bits per heavy atom. The molecule has 0 unspecified atom stereocenters. The number of ether oxygens (including phenoxy) is 3. The first-order valence-electron chi connectivity index (χ1n) is 13.8.